The number of hydrogen-bond acceptors (Lipinski definition) is 11. The summed E-state index contributed by atoms with van der Waals surface area (Å²) in [6, 6.07) is 32.7. The number of carbonyl (C=O) groups excluding carboxylic acids is 3. The molecule has 4 aromatic carbocycles. The van der Waals surface area contributed by atoms with Gasteiger partial charge in [-0.05, 0) is 46.5 Å². The molecular formula is C39H31N5O8. The molecule has 1 aliphatic carbocycles. The lowest BCUT2D eigenvalue weighted by atomic mass is 9.98. The van der Waals surface area contributed by atoms with Crippen LogP contribution < -0.4 is 5.32 Å². The number of rotatable bonds is 8. The van der Waals surface area contributed by atoms with Crippen LogP contribution in [-0.2, 0) is 18.9 Å². The molecule has 6 aromatic rings. The second kappa shape index (κ2) is 14.1. The van der Waals surface area contributed by atoms with Crippen molar-refractivity contribution in [2.24, 2.45) is 0 Å². The quantitative estimate of drug-likeness (QED) is 0.192. The fourth-order valence-electron chi connectivity index (χ4n) is 6.68. The van der Waals surface area contributed by atoms with Gasteiger partial charge in [-0.2, -0.15) is 0 Å². The number of ether oxygens (including phenoxy) is 4. The number of fused-ring (bicyclic) bond motifs is 4. The monoisotopic (exact) mass is 697 g/mol. The normalized spacial score (nSPS) is 19.3. The first-order valence-electron chi connectivity index (χ1n) is 16.6. The Balaban J connectivity index is 1.08. The van der Waals surface area contributed by atoms with Crippen molar-refractivity contribution in [1.29, 1.82) is 0 Å². The van der Waals surface area contributed by atoms with E-state index in [1.54, 1.807) is 60.7 Å². The number of aliphatic hydroxyl groups is 1. The van der Waals surface area contributed by atoms with E-state index >= 15 is 0 Å². The van der Waals surface area contributed by atoms with E-state index in [0.717, 1.165) is 22.3 Å². The molecular weight excluding hydrogens is 666 g/mol. The maximum atomic E-state index is 13.6. The Morgan fingerprint density at radius 3 is 2.10 bits per heavy atom. The molecule has 0 spiro atoms. The summed E-state index contributed by atoms with van der Waals surface area (Å²) < 4.78 is 25.0. The highest BCUT2D eigenvalue weighted by Crippen LogP contribution is 2.44. The predicted molar refractivity (Wildman–Crippen MR) is 186 cm³/mol. The van der Waals surface area contributed by atoms with Crippen molar-refractivity contribution in [3.8, 4) is 11.1 Å². The second-order valence-corrected chi connectivity index (χ2v) is 12.3. The van der Waals surface area contributed by atoms with E-state index in [1.165, 1.54) is 17.2 Å². The van der Waals surface area contributed by atoms with Crippen LogP contribution in [0.5, 0.6) is 0 Å². The number of esters is 1. The van der Waals surface area contributed by atoms with Crippen molar-refractivity contribution in [2.75, 3.05) is 18.5 Å². The summed E-state index contributed by atoms with van der Waals surface area (Å²) in [4.78, 5) is 52.8. The van der Waals surface area contributed by atoms with Gasteiger partial charge < -0.3 is 29.4 Å². The molecule has 2 aliphatic rings. The van der Waals surface area contributed by atoms with Gasteiger partial charge in [0.25, 0.3) is 5.91 Å². The van der Waals surface area contributed by atoms with Crippen LogP contribution >= 0.6 is 0 Å². The minimum absolute atomic E-state index is 0.0339. The van der Waals surface area contributed by atoms with E-state index < -0.39 is 42.6 Å². The van der Waals surface area contributed by atoms with Crippen molar-refractivity contribution in [3.63, 3.8) is 0 Å². The Bertz CT molecular complexity index is 2220. The SMILES string of the molecule is O=C(OCC1c2ccccc2-c2ccccc21)O[C@@H]1[C@@H](OC(=O)c2ccccc2)[C@@H](O)CO[C@H]1n1cnc2c(NC(=O)c3ccccc3)ncnc21. The molecule has 0 saturated carbocycles. The van der Waals surface area contributed by atoms with Gasteiger partial charge in [0.1, 0.15) is 19.0 Å². The van der Waals surface area contributed by atoms with E-state index in [0.29, 0.717) is 5.56 Å². The Morgan fingerprint density at radius 1 is 0.769 bits per heavy atom. The molecule has 0 bridgehead atoms. The number of aliphatic hydroxyl groups excluding tert-OH is 1. The minimum atomic E-state index is -1.43. The van der Waals surface area contributed by atoms with Crippen molar-refractivity contribution in [3.05, 3.63) is 144 Å². The van der Waals surface area contributed by atoms with E-state index in [9.17, 15) is 19.5 Å². The van der Waals surface area contributed by atoms with E-state index in [-0.39, 0.29) is 41.7 Å². The summed E-state index contributed by atoms with van der Waals surface area (Å²) in [6.07, 6.45) is -3.83. The van der Waals surface area contributed by atoms with Gasteiger partial charge in [0.15, 0.2) is 35.4 Å². The zero-order valence-electron chi connectivity index (χ0n) is 27.4. The van der Waals surface area contributed by atoms with Crippen molar-refractivity contribution >= 4 is 35.0 Å². The molecule has 52 heavy (non-hydrogen) atoms. The summed E-state index contributed by atoms with van der Waals surface area (Å²) in [5.74, 6) is -1.25. The minimum Gasteiger partial charge on any atom is -0.452 e. The van der Waals surface area contributed by atoms with Gasteiger partial charge in [-0.3, -0.25) is 9.36 Å². The third-order valence-electron chi connectivity index (χ3n) is 9.14. The number of benzene rings is 4. The highest BCUT2D eigenvalue weighted by molar-refractivity contribution is 6.06. The maximum absolute atomic E-state index is 13.6. The van der Waals surface area contributed by atoms with E-state index in [1.807, 2.05) is 48.5 Å². The fraction of sp³-hybridized carbons (Fsp3) is 0.179. The summed E-state index contributed by atoms with van der Waals surface area (Å²) in [7, 11) is 0. The Morgan fingerprint density at radius 2 is 1.40 bits per heavy atom. The third kappa shape index (κ3) is 6.23. The molecule has 0 unspecified atom stereocenters. The molecule has 1 saturated heterocycles. The Hall–Kier alpha value is -6.44. The van der Waals surface area contributed by atoms with Gasteiger partial charge in [-0.1, -0.05) is 84.9 Å². The number of nitrogens with one attached hydrogen (secondary N) is 1. The molecule has 1 amide bonds. The van der Waals surface area contributed by atoms with Crippen LogP contribution in [0.15, 0.2) is 122 Å². The van der Waals surface area contributed by atoms with Crippen LogP contribution in [0.2, 0.25) is 0 Å². The number of nitrogens with zero attached hydrogens (tertiary/aromatic N) is 4. The molecule has 0 radical (unpaired) electrons. The van der Waals surface area contributed by atoms with Crippen LogP contribution in [0.1, 0.15) is 44.0 Å². The van der Waals surface area contributed by atoms with Gasteiger partial charge in [0.05, 0.1) is 18.5 Å². The van der Waals surface area contributed by atoms with Crippen LogP contribution in [0.3, 0.4) is 0 Å². The predicted octanol–water partition coefficient (Wildman–Crippen LogP) is 5.53. The number of hydrogen-bond donors (Lipinski definition) is 2. The van der Waals surface area contributed by atoms with Crippen molar-refractivity contribution in [1.82, 2.24) is 19.5 Å². The lowest BCUT2D eigenvalue weighted by Crippen LogP contribution is -2.54. The first kappa shape index (κ1) is 32.7. The van der Waals surface area contributed by atoms with Crippen LogP contribution in [0.25, 0.3) is 22.3 Å². The molecule has 8 rings (SSSR count). The largest absolute Gasteiger partial charge is 0.508 e. The second-order valence-electron chi connectivity index (χ2n) is 12.3. The molecule has 3 heterocycles. The molecule has 2 N–H and O–H groups in total. The van der Waals surface area contributed by atoms with E-state index in [4.69, 9.17) is 18.9 Å². The van der Waals surface area contributed by atoms with Crippen LogP contribution in [-0.4, -0.2) is 74.2 Å². The topological polar surface area (TPSA) is 164 Å². The fourth-order valence-corrected chi connectivity index (χ4v) is 6.68. The average molecular weight is 698 g/mol. The third-order valence-corrected chi connectivity index (χ3v) is 9.14. The molecule has 4 atom stereocenters. The number of carbonyl (C=O) groups is 3. The number of amides is 1. The van der Waals surface area contributed by atoms with E-state index in [2.05, 4.69) is 20.3 Å². The number of aromatic nitrogens is 4. The molecule has 260 valence electrons. The Labute approximate surface area is 296 Å². The number of imidazole rings is 1. The zero-order chi connectivity index (χ0) is 35.6. The summed E-state index contributed by atoms with van der Waals surface area (Å²) in [5.41, 5.74) is 5.24. The summed E-state index contributed by atoms with van der Waals surface area (Å²) >= 11 is 0. The van der Waals surface area contributed by atoms with Gasteiger partial charge in [-0.25, -0.2) is 24.5 Å². The highest BCUT2D eigenvalue weighted by atomic mass is 16.7. The lowest BCUT2D eigenvalue weighted by Gasteiger charge is -2.39. The lowest BCUT2D eigenvalue weighted by molar-refractivity contribution is -0.214. The molecule has 13 nitrogen and oxygen atoms in total. The zero-order valence-corrected chi connectivity index (χ0v) is 27.4. The van der Waals surface area contributed by atoms with Gasteiger partial charge >= 0.3 is 12.1 Å². The highest BCUT2D eigenvalue weighted by Gasteiger charge is 2.47. The Kier molecular flexibility index (Phi) is 8.85. The summed E-state index contributed by atoms with van der Waals surface area (Å²) in [5, 5.41) is 13.9. The maximum Gasteiger partial charge on any atom is 0.508 e. The molecule has 1 aliphatic heterocycles. The molecule has 13 heteroatoms. The standard InChI is InChI=1S/C39H31N5O8/c45-30-20-49-37(44-22-42-31-34(40-21-41-35(31)44)43-36(46)23-11-3-1-4-12-23)33(32(30)51-38(47)24-13-5-2-6-14-24)52-39(48)50-19-29-27-17-9-7-15-25(27)26-16-8-10-18-28(26)29/h1-18,21-22,29-30,32-33,37,45H,19-20H2,(H,40,41,43,46)/t30-,32-,33+,37+/m0/s1. The van der Waals surface area contributed by atoms with Crippen LogP contribution in [0, 0.1) is 0 Å². The molecule has 2 aromatic heterocycles. The van der Waals surface area contributed by atoms with Gasteiger partial charge in [0.2, 0.25) is 0 Å². The van der Waals surface area contributed by atoms with Crippen molar-refractivity contribution in [2.45, 2.75) is 30.5 Å². The first-order chi connectivity index (χ1) is 25.5. The number of anilines is 1. The smallest absolute Gasteiger partial charge is 0.452 e. The van der Waals surface area contributed by atoms with Gasteiger partial charge in [-0.15, -0.1) is 0 Å². The first-order valence-corrected chi connectivity index (χ1v) is 16.6. The molecule has 1 fully saturated rings. The average Bonchev–Trinajstić information content (AvgIpc) is 3.76. The van der Waals surface area contributed by atoms with Crippen molar-refractivity contribution < 1.29 is 38.4 Å². The summed E-state index contributed by atoms with van der Waals surface area (Å²) in [6.45, 7) is -0.321. The van der Waals surface area contributed by atoms with Crippen LogP contribution in [0.4, 0.5) is 10.6 Å². The van der Waals surface area contributed by atoms with Gasteiger partial charge in [0, 0.05) is 11.5 Å².